The first kappa shape index (κ1) is 18.8. The number of rotatable bonds is 4. The van der Waals surface area contributed by atoms with E-state index in [4.69, 9.17) is 23.2 Å². The van der Waals surface area contributed by atoms with Gasteiger partial charge in [0.1, 0.15) is 11.6 Å². The monoisotopic (exact) mass is 410 g/mol. The Morgan fingerprint density at radius 2 is 1.81 bits per heavy atom. The number of hydrogen-bond donors (Lipinski definition) is 0. The Bertz CT molecular complexity index is 1080. The molecule has 2 heterocycles. The molecule has 0 N–H and O–H groups in total. The van der Waals surface area contributed by atoms with Crippen LogP contribution >= 0.6 is 23.2 Å². The van der Waals surface area contributed by atoms with E-state index in [-0.39, 0.29) is 11.1 Å². The SMILES string of the molecule is CC(C)c1cnc(-c2ccc(Cl)c(Cl)c2)n1-c1ccnc(S(C)(=O)=O)n1. The molecular weight excluding hydrogens is 395 g/mol. The van der Waals surface area contributed by atoms with Gasteiger partial charge in [0, 0.05) is 29.9 Å². The molecule has 0 bridgehead atoms. The molecule has 136 valence electrons. The average Bonchev–Trinajstić information content (AvgIpc) is 3.02. The van der Waals surface area contributed by atoms with Crippen molar-refractivity contribution in [3.05, 3.63) is 52.4 Å². The second-order valence-electron chi connectivity index (χ2n) is 6.10. The molecule has 0 amide bonds. The fraction of sp³-hybridized carbons (Fsp3) is 0.235. The minimum atomic E-state index is -3.53. The van der Waals surface area contributed by atoms with Crippen molar-refractivity contribution in [3.63, 3.8) is 0 Å². The summed E-state index contributed by atoms with van der Waals surface area (Å²) in [7, 11) is -3.53. The summed E-state index contributed by atoms with van der Waals surface area (Å²) in [6.45, 7) is 4.04. The van der Waals surface area contributed by atoms with Crippen molar-refractivity contribution in [1.29, 1.82) is 0 Å². The third-order valence-electron chi connectivity index (χ3n) is 3.74. The lowest BCUT2D eigenvalue weighted by Crippen LogP contribution is -2.10. The molecule has 6 nitrogen and oxygen atoms in total. The summed E-state index contributed by atoms with van der Waals surface area (Å²) in [5.41, 5.74) is 1.62. The quantitative estimate of drug-likeness (QED) is 0.603. The Labute approximate surface area is 161 Å². The highest BCUT2D eigenvalue weighted by atomic mass is 35.5. The molecule has 0 radical (unpaired) electrons. The van der Waals surface area contributed by atoms with E-state index in [0.717, 1.165) is 17.5 Å². The van der Waals surface area contributed by atoms with E-state index in [9.17, 15) is 8.42 Å². The number of sulfone groups is 1. The molecule has 0 aliphatic carbocycles. The van der Waals surface area contributed by atoms with Gasteiger partial charge in [-0.1, -0.05) is 37.0 Å². The van der Waals surface area contributed by atoms with Gasteiger partial charge in [0.2, 0.25) is 15.0 Å². The number of benzene rings is 1. The molecule has 1 aromatic carbocycles. The summed E-state index contributed by atoms with van der Waals surface area (Å²) in [6, 6.07) is 6.85. The summed E-state index contributed by atoms with van der Waals surface area (Å²) in [6.07, 6.45) is 4.23. The van der Waals surface area contributed by atoms with Crippen LogP contribution in [0.1, 0.15) is 25.5 Å². The van der Waals surface area contributed by atoms with Crippen LogP contribution in [0.25, 0.3) is 17.2 Å². The van der Waals surface area contributed by atoms with Crippen LogP contribution in [0, 0.1) is 0 Å². The first-order chi connectivity index (χ1) is 12.2. The molecule has 2 aromatic heterocycles. The molecular formula is C17H16Cl2N4O2S. The van der Waals surface area contributed by atoms with Crippen LogP contribution in [-0.2, 0) is 9.84 Å². The fourth-order valence-electron chi connectivity index (χ4n) is 2.49. The Hall–Kier alpha value is -1.96. The van der Waals surface area contributed by atoms with Crippen LogP contribution in [-0.4, -0.2) is 34.2 Å². The number of nitrogens with zero attached hydrogens (tertiary/aromatic N) is 4. The van der Waals surface area contributed by atoms with Crippen LogP contribution in [0.15, 0.2) is 41.8 Å². The van der Waals surface area contributed by atoms with Crippen LogP contribution in [0.5, 0.6) is 0 Å². The van der Waals surface area contributed by atoms with E-state index in [0.29, 0.717) is 21.7 Å². The first-order valence-corrected chi connectivity index (χ1v) is 10.4. The van der Waals surface area contributed by atoms with Gasteiger partial charge in [0.15, 0.2) is 0 Å². The van der Waals surface area contributed by atoms with E-state index >= 15 is 0 Å². The molecule has 0 atom stereocenters. The van der Waals surface area contributed by atoms with Gasteiger partial charge in [-0.25, -0.2) is 23.4 Å². The van der Waals surface area contributed by atoms with Gasteiger partial charge in [0.05, 0.1) is 10.0 Å². The Morgan fingerprint density at radius 1 is 1.08 bits per heavy atom. The lowest BCUT2D eigenvalue weighted by atomic mass is 10.1. The standard InChI is InChI=1S/C17H16Cl2N4O2S/c1-10(2)14-9-21-16(11-4-5-12(18)13(19)8-11)23(14)15-6-7-20-17(22-15)26(3,24)25/h4-10H,1-3H3. The number of imidazole rings is 1. The predicted octanol–water partition coefficient (Wildman–Crippen LogP) is 4.16. The highest BCUT2D eigenvalue weighted by Crippen LogP contribution is 2.31. The van der Waals surface area contributed by atoms with Crippen molar-refractivity contribution in [2.24, 2.45) is 0 Å². The minimum absolute atomic E-state index is 0.135. The maximum atomic E-state index is 11.8. The van der Waals surface area contributed by atoms with Gasteiger partial charge in [-0.05, 0) is 30.2 Å². The second kappa shape index (κ2) is 6.98. The molecule has 0 fully saturated rings. The molecule has 0 unspecified atom stereocenters. The molecule has 0 aliphatic rings. The smallest absolute Gasteiger partial charge is 0.248 e. The predicted molar refractivity (Wildman–Crippen MR) is 102 cm³/mol. The van der Waals surface area contributed by atoms with E-state index in [1.807, 2.05) is 13.8 Å². The van der Waals surface area contributed by atoms with Crippen molar-refractivity contribution in [2.75, 3.05) is 6.26 Å². The number of hydrogen-bond acceptors (Lipinski definition) is 5. The molecule has 0 saturated heterocycles. The largest absolute Gasteiger partial charge is 0.280 e. The number of halogens is 2. The zero-order valence-electron chi connectivity index (χ0n) is 14.3. The zero-order valence-corrected chi connectivity index (χ0v) is 16.6. The highest BCUT2D eigenvalue weighted by Gasteiger charge is 2.19. The second-order valence-corrected chi connectivity index (χ2v) is 8.82. The third-order valence-corrected chi connectivity index (χ3v) is 5.34. The van der Waals surface area contributed by atoms with Gasteiger partial charge >= 0.3 is 0 Å². The van der Waals surface area contributed by atoms with E-state index in [1.54, 1.807) is 35.0 Å². The van der Waals surface area contributed by atoms with Crippen molar-refractivity contribution < 1.29 is 8.42 Å². The zero-order chi connectivity index (χ0) is 19.1. The maximum Gasteiger partial charge on any atom is 0.248 e. The summed E-state index contributed by atoms with van der Waals surface area (Å²) in [5.74, 6) is 1.14. The van der Waals surface area contributed by atoms with Crippen molar-refractivity contribution in [1.82, 2.24) is 19.5 Å². The van der Waals surface area contributed by atoms with Crippen molar-refractivity contribution in [2.45, 2.75) is 24.9 Å². The minimum Gasteiger partial charge on any atom is -0.280 e. The molecule has 3 rings (SSSR count). The molecule has 0 saturated carbocycles. The summed E-state index contributed by atoms with van der Waals surface area (Å²) in [4.78, 5) is 12.6. The lowest BCUT2D eigenvalue weighted by molar-refractivity contribution is 0.592. The highest BCUT2D eigenvalue weighted by molar-refractivity contribution is 7.90. The molecule has 26 heavy (non-hydrogen) atoms. The molecule has 0 spiro atoms. The molecule has 3 aromatic rings. The van der Waals surface area contributed by atoms with E-state index in [1.165, 1.54) is 6.20 Å². The molecule has 0 aliphatic heterocycles. The number of aromatic nitrogens is 4. The van der Waals surface area contributed by atoms with Gasteiger partial charge in [-0.3, -0.25) is 4.57 Å². The summed E-state index contributed by atoms with van der Waals surface area (Å²) >= 11 is 12.1. The third kappa shape index (κ3) is 3.60. The van der Waals surface area contributed by atoms with Crippen LogP contribution < -0.4 is 0 Å². The normalized spacial score (nSPS) is 11.9. The summed E-state index contributed by atoms with van der Waals surface area (Å²) in [5, 5.41) is 0.613. The average molecular weight is 411 g/mol. The molecule has 9 heteroatoms. The van der Waals surface area contributed by atoms with E-state index in [2.05, 4.69) is 15.0 Å². The van der Waals surface area contributed by atoms with Gasteiger partial charge in [0.25, 0.3) is 0 Å². The van der Waals surface area contributed by atoms with Gasteiger partial charge in [-0.2, -0.15) is 0 Å². The van der Waals surface area contributed by atoms with Crippen LogP contribution in [0.4, 0.5) is 0 Å². The van der Waals surface area contributed by atoms with E-state index < -0.39 is 9.84 Å². The van der Waals surface area contributed by atoms with Gasteiger partial charge < -0.3 is 0 Å². The lowest BCUT2D eigenvalue weighted by Gasteiger charge is -2.14. The topological polar surface area (TPSA) is 77.7 Å². The Balaban J connectivity index is 2.26. The van der Waals surface area contributed by atoms with Crippen LogP contribution in [0.2, 0.25) is 10.0 Å². The van der Waals surface area contributed by atoms with Crippen LogP contribution in [0.3, 0.4) is 0 Å². The Morgan fingerprint density at radius 3 is 2.42 bits per heavy atom. The fourth-order valence-corrected chi connectivity index (χ4v) is 3.30. The summed E-state index contributed by atoms with van der Waals surface area (Å²) < 4.78 is 25.5. The van der Waals surface area contributed by atoms with Gasteiger partial charge in [-0.15, -0.1) is 0 Å². The Kier molecular flexibility index (Phi) is 5.05. The van der Waals surface area contributed by atoms with Crippen molar-refractivity contribution in [3.8, 4) is 17.2 Å². The van der Waals surface area contributed by atoms with Crippen molar-refractivity contribution >= 4 is 33.0 Å². The maximum absolute atomic E-state index is 11.8. The first-order valence-electron chi connectivity index (χ1n) is 7.75.